The molecule has 5 heteroatoms. The monoisotopic (exact) mass is 275 g/mol. The van der Waals surface area contributed by atoms with Gasteiger partial charge in [0.1, 0.15) is 11.2 Å². The fraction of sp³-hybridized carbons (Fsp3) is 0.533. The zero-order valence-corrected chi connectivity index (χ0v) is 11.8. The maximum Gasteiger partial charge on any atom is 0.271 e. The van der Waals surface area contributed by atoms with Gasteiger partial charge in [0.15, 0.2) is 0 Å². The van der Waals surface area contributed by atoms with E-state index in [0.29, 0.717) is 18.5 Å². The molecule has 1 aliphatic carbocycles. The number of nitrogens with two attached hydrogens (primary N) is 1. The second-order valence-electron chi connectivity index (χ2n) is 5.48. The van der Waals surface area contributed by atoms with E-state index < -0.39 is 11.4 Å². The molecular formula is C15H21N3O2. The first-order valence-corrected chi connectivity index (χ1v) is 7.09. The number of nitrogens with zero attached hydrogens (tertiary/aromatic N) is 1. The number of primary amides is 1. The summed E-state index contributed by atoms with van der Waals surface area (Å²) in [6, 6.07) is 3.60. The second kappa shape index (κ2) is 6.03. The van der Waals surface area contributed by atoms with Crippen molar-refractivity contribution in [2.75, 3.05) is 0 Å². The third-order valence-corrected chi connectivity index (χ3v) is 4.01. The van der Waals surface area contributed by atoms with Crippen LogP contribution < -0.4 is 11.1 Å². The number of rotatable bonds is 3. The second-order valence-corrected chi connectivity index (χ2v) is 5.48. The maximum atomic E-state index is 12.4. The van der Waals surface area contributed by atoms with Gasteiger partial charge in [-0.15, -0.1) is 0 Å². The summed E-state index contributed by atoms with van der Waals surface area (Å²) in [4.78, 5) is 28.3. The van der Waals surface area contributed by atoms with E-state index in [2.05, 4.69) is 10.3 Å². The minimum absolute atomic E-state index is 0.316. The number of aryl methyl sites for hydroxylation is 1. The van der Waals surface area contributed by atoms with Crippen LogP contribution in [0.4, 0.5) is 0 Å². The molecule has 0 unspecified atom stereocenters. The van der Waals surface area contributed by atoms with Crippen molar-refractivity contribution >= 4 is 11.8 Å². The third kappa shape index (κ3) is 2.98. The van der Waals surface area contributed by atoms with Gasteiger partial charge in [0.25, 0.3) is 5.91 Å². The highest BCUT2D eigenvalue weighted by Crippen LogP contribution is 2.27. The Bertz CT molecular complexity index is 506. The molecule has 0 radical (unpaired) electrons. The molecule has 0 saturated heterocycles. The maximum absolute atomic E-state index is 12.4. The highest BCUT2D eigenvalue weighted by Gasteiger charge is 2.38. The summed E-state index contributed by atoms with van der Waals surface area (Å²) in [5.74, 6) is -0.759. The molecule has 108 valence electrons. The number of nitrogens with one attached hydrogen (secondary N) is 1. The van der Waals surface area contributed by atoms with Gasteiger partial charge in [-0.1, -0.05) is 31.7 Å². The van der Waals surface area contributed by atoms with Gasteiger partial charge in [-0.25, -0.2) is 0 Å². The van der Waals surface area contributed by atoms with E-state index in [1.54, 1.807) is 12.3 Å². The molecule has 5 nitrogen and oxygen atoms in total. The van der Waals surface area contributed by atoms with E-state index in [4.69, 9.17) is 5.73 Å². The molecule has 2 rings (SSSR count). The minimum atomic E-state index is -0.919. The highest BCUT2D eigenvalue weighted by atomic mass is 16.2. The lowest BCUT2D eigenvalue weighted by molar-refractivity contribution is -0.124. The quantitative estimate of drug-likeness (QED) is 0.823. The summed E-state index contributed by atoms with van der Waals surface area (Å²) < 4.78 is 0. The van der Waals surface area contributed by atoms with Crippen LogP contribution in [0.25, 0.3) is 0 Å². The van der Waals surface area contributed by atoms with Crippen LogP contribution in [0.3, 0.4) is 0 Å². The highest BCUT2D eigenvalue weighted by molar-refractivity contribution is 5.98. The Morgan fingerprint density at radius 3 is 2.45 bits per heavy atom. The Hall–Kier alpha value is -1.91. The number of carbonyl (C=O) groups excluding carboxylic acids is 2. The van der Waals surface area contributed by atoms with Crippen LogP contribution in [0.5, 0.6) is 0 Å². The van der Waals surface area contributed by atoms with E-state index in [9.17, 15) is 9.59 Å². The standard InChI is InChI=1S/C15H21N3O2/c1-11-7-6-10-17-12(11)13(19)18-15(14(16)20)8-4-2-3-5-9-15/h6-7,10H,2-5,8-9H2,1H3,(H2,16,20)(H,18,19). The van der Waals surface area contributed by atoms with Crippen molar-refractivity contribution in [1.82, 2.24) is 10.3 Å². The molecule has 2 amide bonds. The molecule has 0 spiro atoms. The third-order valence-electron chi connectivity index (χ3n) is 4.01. The summed E-state index contributed by atoms with van der Waals surface area (Å²) in [6.07, 6.45) is 6.77. The van der Waals surface area contributed by atoms with Crippen molar-refractivity contribution in [3.63, 3.8) is 0 Å². The van der Waals surface area contributed by atoms with Gasteiger partial charge in [0, 0.05) is 6.20 Å². The Labute approximate surface area is 119 Å². The van der Waals surface area contributed by atoms with E-state index in [0.717, 1.165) is 31.2 Å². The van der Waals surface area contributed by atoms with Gasteiger partial charge >= 0.3 is 0 Å². The predicted octanol–water partition coefficient (Wildman–Crippen LogP) is 1.70. The van der Waals surface area contributed by atoms with E-state index in [1.165, 1.54) is 0 Å². The fourth-order valence-electron chi connectivity index (χ4n) is 2.77. The molecule has 1 heterocycles. The number of hydrogen-bond donors (Lipinski definition) is 2. The number of pyridine rings is 1. The molecule has 1 saturated carbocycles. The van der Waals surface area contributed by atoms with Gasteiger partial charge in [-0.05, 0) is 31.4 Å². The van der Waals surface area contributed by atoms with Crippen molar-refractivity contribution in [2.45, 2.75) is 51.0 Å². The molecule has 1 aromatic heterocycles. The van der Waals surface area contributed by atoms with Crippen LogP contribution in [0.15, 0.2) is 18.3 Å². The molecule has 1 aromatic rings. The Morgan fingerprint density at radius 2 is 1.90 bits per heavy atom. The van der Waals surface area contributed by atoms with Crippen molar-refractivity contribution in [2.24, 2.45) is 5.73 Å². The van der Waals surface area contributed by atoms with Crippen molar-refractivity contribution in [3.05, 3.63) is 29.6 Å². The van der Waals surface area contributed by atoms with Crippen LogP contribution in [0, 0.1) is 6.92 Å². The lowest BCUT2D eigenvalue weighted by Crippen LogP contribution is -2.57. The van der Waals surface area contributed by atoms with E-state index in [-0.39, 0.29) is 5.91 Å². The van der Waals surface area contributed by atoms with Gasteiger partial charge in [-0.3, -0.25) is 14.6 Å². The minimum Gasteiger partial charge on any atom is -0.368 e. The van der Waals surface area contributed by atoms with Gasteiger partial charge in [-0.2, -0.15) is 0 Å². The van der Waals surface area contributed by atoms with E-state index in [1.807, 2.05) is 13.0 Å². The lowest BCUT2D eigenvalue weighted by atomic mass is 9.89. The summed E-state index contributed by atoms with van der Waals surface area (Å²) >= 11 is 0. The molecule has 0 aromatic carbocycles. The first-order valence-electron chi connectivity index (χ1n) is 7.09. The first kappa shape index (κ1) is 14.5. The average Bonchev–Trinajstić information content (AvgIpc) is 2.65. The number of amides is 2. The summed E-state index contributed by atoms with van der Waals surface area (Å²) in [6.45, 7) is 1.83. The molecule has 3 N–H and O–H groups in total. The fourth-order valence-corrected chi connectivity index (χ4v) is 2.77. The van der Waals surface area contributed by atoms with E-state index >= 15 is 0 Å². The number of hydrogen-bond acceptors (Lipinski definition) is 3. The van der Waals surface area contributed by atoms with Crippen LogP contribution in [0.1, 0.15) is 54.6 Å². The molecule has 0 bridgehead atoms. The largest absolute Gasteiger partial charge is 0.368 e. The summed E-state index contributed by atoms with van der Waals surface area (Å²) in [5, 5.41) is 2.85. The van der Waals surface area contributed by atoms with Crippen LogP contribution in [-0.2, 0) is 4.79 Å². The van der Waals surface area contributed by atoms with Gasteiger partial charge in [0.05, 0.1) is 0 Å². The predicted molar refractivity (Wildman–Crippen MR) is 76.1 cm³/mol. The zero-order valence-electron chi connectivity index (χ0n) is 11.8. The lowest BCUT2D eigenvalue weighted by Gasteiger charge is -2.30. The van der Waals surface area contributed by atoms with Crippen LogP contribution in [0.2, 0.25) is 0 Å². The first-order chi connectivity index (χ1) is 9.55. The van der Waals surface area contributed by atoms with Crippen LogP contribution in [-0.4, -0.2) is 22.3 Å². The van der Waals surface area contributed by atoms with Crippen molar-refractivity contribution in [3.8, 4) is 0 Å². The Balaban J connectivity index is 2.22. The zero-order chi connectivity index (χ0) is 14.6. The molecular weight excluding hydrogens is 254 g/mol. The average molecular weight is 275 g/mol. The van der Waals surface area contributed by atoms with Gasteiger partial charge in [0.2, 0.25) is 5.91 Å². The summed E-state index contributed by atoms with van der Waals surface area (Å²) in [7, 11) is 0. The molecule has 0 atom stereocenters. The molecule has 1 fully saturated rings. The smallest absolute Gasteiger partial charge is 0.271 e. The molecule has 0 aliphatic heterocycles. The van der Waals surface area contributed by atoms with Gasteiger partial charge < -0.3 is 11.1 Å². The Morgan fingerprint density at radius 1 is 1.25 bits per heavy atom. The number of carbonyl (C=O) groups is 2. The van der Waals surface area contributed by atoms with Crippen LogP contribution >= 0.6 is 0 Å². The molecule has 20 heavy (non-hydrogen) atoms. The molecule has 1 aliphatic rings. The summed E-state index contributed by atoms with van der Waals surface area (Å²) in [5.41, 5.74) is 5.79. The SMILES string of the molecule is Cc1cccnc1C(=O)NC1(C(N)=O)CCCCCC1. The number of aromatic nitrogens is 1. The Kier molecular flexibility index (Phi) is 4.37. The van der Waals surface area contributed by atoms with Crippen molar-refractivity contribution < 1.29 is 9.59 Å². The van der Waals surface area contributed by atoms with Crippen molar-refractivity contribution in [1.29, 1.82) is 0 Å². The normalized spacial score (nSPS) is 18.1. The topological polar surface area (TPSA) is 85.1 Å².